The van der Waals surface area contributed by atoms with Crippen LogP contribution in [0.2, 0.25) is 0 Å². The third kappa shape index (κ3) is 2.20. The average molecular weight is 167 g/mol. The summed E-state index contributed by atoms with van der Waals surface area (Å²) < 4.78 is 0. The van der Waals surface area contributed by atoms with Gasteiger partial charge in [0, 0.05) is 7.05 Å². The van der Waals surface area contributed by atoms with Crippen LogP contribution in [0.5, 0.6) is 0 Å². The number of allylic oxidation sites excluding steroid dienone is 3. The first-order valence-electron chi connectivity index (χ1n) is 3.89. The minimum Gasteiger partial charge on any atom is -0.275 e. The van der Waals surface area contributed by atoms with Gasteiger partial charge in [0.05, 0.1) is 13.5 Å². The summed E-state index contributed by atoms with van der Waals surface area (Å²) in [7, 11) is 3.10. The number of carbonyl (C=O) groups is 1. The van der Waals surface area contributed by atoms with Crippen LogP contribution in [0.3, 0.4) is 0 Å². The molecule has 0 bridgehead atoms. The van der Waals surface area contributed by atoms with Gasteiger partial charge in [-0.05, 0) is 6.42 Å². The van der Waals surface area contributed by atoms with Gasteiger partial charge in [0.1, 0.15) is 0 Å². The Morgan fingerprint density at radius 1 is 1.75 bits per heavy atom. The van der Waals surface area contributed by atoms with Crippen molar-refractivity contribution in [3.05, 3.63) is 23.8 Å². The minimum atomic E-state index is -0.00699. The Morgan fingerprint density at radius 2 is 2.50 bits per heavy atom. The molecule has 0 aromatic rings. The smallest absolute Gasteiger partial charge is 0.249 e. The summed E-state index contributed by atoms with van der Waals surface area (Å²) in [5, 5.41) is 1.25. The van der Waals surface area contributed by atoms with Crippen molar-refractivity contribution in [3.63, 3.8) is 0 Å². The Bertz CT molecular complexity index is 231. The normalized spacial score (nSPS) is 14.7. The Labute approximate surface area is 72.3 Å². The summed E-state index contributed by atoms with van der Waals surface area (Å²) in [5.74, 6) is -0.00699. The molecule has 0 heterocycles. The lowest BCUT2D eigenvalue weighted by Crippen LogP contribution is -2.25. The van der Waals surface area contributed by atoms with Gasteiger partial charge in [-0.1, -0.05) is 23.8 Å². The first-order valence-corrected chi connectivity index (χ1v) is 3.89. The van der Waals surface area contributed by atoms with E-state index in [1.165, 1.54) is 12.2 Å². The molecule has 0 saturated carbocycles. The summed E-state index contributed by atoms with van der Waals surface area (Å²) in [4.78, 5) is 16.0. The average Bonchev–Trinajstić information content (AvgIpc) is 2.55. The van der Waals surface area contributed by atoms with Crippen molar-refractivity contribution in [2.45, 2.75) is 12.8 Å². The second-order valence-corrected chi connectivity index (χ2v) is 2.71. The molecule has 0 fully saturated rings. The lowest BCUT2D eigenvalue weighted by atomic mass is 10.1. The largest absolute Gasteiger partial charge is 0.275 e. The molecule has 1 aliphatic carbocycles. The van der Waals surface area contributed by atoms with E-state index in [0.717, 1.165) is 12.0 Å². The SMILES string of the molecule is CON(C)C(=O)CC1=CC=CC1. The summed E-state index contributed by atoms with van der Waals surface area (Å²) in [6, 6.07) is 0. The minimum absolute atomic E-state index is 0.00699. The molecular formula is C9H13NO2. The zero-order valence-electron chi connectivity index (χ0n) is 7.41. The summed E-state index contributed by atoms with van der Waals surface area (Å²) in [6.45, 7) is 0. The molecule has 0 aliphatic heterocycles. The number of carbonyl (C=O) groups excluding carboxylic acids is 1. The highest BCUT2D eigenvalue weighted by molar-refractivity contribution is 5.77. The van der Waals surface area contributed by atoms with Crippen molar-refractivity contribution in [2.75, 3.05) is 14.2 Å². The van der Waals surface area contributed by atoms with Gasteiger partial charge in [0.25, 0.3) is 0 Å². The van der Waals surface area contributed by atoms with Gasteiger partial charge in [-0.2, -0.15) is 0 Å². The van der Waals surface area contributed by atoms with E-state index in [1.54, 1.807) is 7.05 Å². The van der Waals surface area contributed by atoms with E-state index < -0.39 is 0 Å². The molecule has 0 aromatic carbocycles. The molecule has 66 valence electrons. The fraction of sp³-hybridized carbons (Fsp3) is 0.444. The first-order chi connectivity index (χ1) is 5.74. The zero-order chi connectivity index (χ0) is 8.97. The highest BCUT2D eigenvalue weighted by atomic mass is 16.7. The van der Waals surface area contributed by atoms with Crippen molar-refractivity contribution in [2.24, 2.45) is 0 Å². The van der Waals surface area contributed by atoms with Crippen LogP contribution < -0.4 is 0 Å². The Morgan fingerprint density at radius 3 is 3.00 bits per heavy atom. The van der Waals surface area contributed by atoms with Crippen molar-refractivity contribution in [1.29, 1.82) is 0 Å². The van der Waals surface area contributed by atoms with E-state index in [1.807, 2.05) is 18.2 Å². The second kappa shape index (κ2) is 4.07. The molecule has 0 N–H and O–H groups in total. The first kappa shape index (κ1) is 9.00. The topological polar surface area (TPSA) is 29.5 Å². The van der Waals surface area contributed by atoms with Gasteiger partial charge in [0.15, 0.2) is 0 Å². The third-order valence-electron chi connectivity index (χ3n) is 1.85. The molecule has 0 radical (unpaired) electrons. The van der Waals surface area contributed by atoms with Gasteiger partial charge in [0.2, 0.25) is 5.91 Å². The highest BCUT2D eigenvalue weighted by Gasteiger charge is 2.10. The van der Waals surface area contributed by atoms with Crippen LogP contribution in [-0.2, 0) is 9.63 Å². The van der Waals surface area contributed by atoms with Crippen molar-refractivity contribution < 1.29 is 9.63 Å². The number of hydroxylamine groups is 2. The maximum absolute atomic E-state index is 11.3. The molecule has 1 rings (SSSR count). The lowest BCUT2D eigenvalue weighted by molar-refractivity contribution is -0.167. The van der Waals surface area contributed by atoms with Crippen LogP contribution in [0, 0.1) is 0 Å². The van der Waals surface area contributed by atoms with E-state index in [0.29, 0.717) is 6.42 Å². The summed E-state index contributed by atoms with van der Waals surface area (Å²) >= 11 is 0. The van der Waals surface area contributed by atoms with Crippen LogP contribution in [0.1, 0.15) is 12.8 Å². The van der Waals surface area contributed by atoms with E-state index in [2.05, 4.69) is 0 Å². The molecule has 1 aliphatic rings. The lowest BCUT2D eigenvalue weighted by Gasteiger charge is -2.13. The van der Waals surface area contributed by atoms with Crippen LogP contribution >= 0.6 is 0 Å². The second-order valence-electron chi connectivity index (χ2n) is 2.71. The maximum atomic E-state index is 11.3. The van der Waals surface area contributed by atoms with E-state index >= 15 is 0 Å². The molecule has 0 aromatic heterocycles. The molecule has 3 heteroatoms. The predicted molar refractivity (Wildman–Crippen MR) is 46.2 cm³/mol. The molecule has 0 spiro atoms. The van der Waals surface area contributed by atoms with Gasteiger partial charge < -0.3 is 0 Å². The van der Waals surface area contributed by atoms with Crippen LogP contribution in [0.15, 0.2) is 23.8 Å². The molecule has 0 unspecified atom stereocenters. The van der Waals surface area contributed by atoms with Crippen molar-refractivity contribution in [1.82, 2.24) is 5.06 Å². The van der Waals surface area contributed by atoms with E-state index in [9.17, 15) is 4.79 Å². The van der Waals surface area contributed by atoms with Gasteiger partial charge in [-0.25, -0.2) is 5.06 Å². The molecule has 1 amide bonds. The molecule has 0 atom stereocenters. The Kier molecular flexibility index (Phi) is 3.05. The maximum Gasteiger partial charge on any atom is 0.249 e. The third-order valence-corrected chi connectivity index (χ3v) is 1.85. The van der Waals surface area contributed by atoms with Gasteiger partial charge in [-0.3, -0.25) is 9.63 Å². The standard InChI is InChI=1S/C9H13NO2/c1-10(12-2)9(11)7-8-5-3-4-6-8/h3-5H,6-7H2,1-2H3. The molecule has 3 nitrogen and oxygen atoms in total. The molecule has 12 heavy (non-hydrogen) atoms. The van der Waals surface area contributed by atoms with E-state index in [4.69, 9.17) is 4.84 Å². The van der Waals surface area contributed by atoms with Gasteiger partial charge >= 0.3 is 0 Å². The summed E-state index contributed by atoms with van der Waals surface area (Å²) in [5.41, 5.74) is 1.14. The number of nitrogens with zero attached hydrogens (tertiary/aromatic N) is 1. The van der Waals surface area contributed by atoms with Crippen LogP contribution in [0.25, 0.3) is 0 Å². The quantitative estimate of drug-likeness (QED) is 0.593. The van der Waals surface area contributed by atoms with Crippen LogP contribution in [0.4, 0.5) is 0 Å². The van der Waals surface area contributed by atoms with Crippen LogP contribution in [-0.4, -0.2) is 25.1 Å². The molecule has 0 saturated heterocycles. The number of hydrogen-bond acceptors (Lipinski definition) is 2. The van der Waals surface area contributed by atoms with E-state index in [-0.39, 0.29) is 5.91 Å². The number of amides is 1. The zero-order valence-corrected chi connectivity index (χ0v) is 7.41. The van der Waals surface area contributed by atoms with Gasteiger partial charge in [-0.15, -0.1) is 0 Å². The molecular weight excluding hydrogens is 154 g/mol. The predicted octanol–water partition coefficient (Wildman–Crippen LogP) is 1.28. The number of rotatable bonds is 3. The highest BCUT2D eigenvalue weighted by Crippen LogP contribution is 2.14. The summed E-state index contributed by atoms with van der Waals surface area (Å²) in [6.07, 6.45) is 7.33. The van der Waals surface area contributed by atoms with Crippen molar-refractivity contribution in [3.8, 4) is 0 Å². The Balaban J connectivity index is 2.36. The monoisotopic (exact) mass is 167 g/mol. The fourth-order valence-corrected chi connectivity index (χ4v) is 1.03. The fourth-order valence-electron chi connectivity index (χ4n) is 1.03. The van der Waals surface area contributed by atoms with Crippen molar-refractivity contribution >= 4 is 5.91 Å². The Hall–Kier alpha value is -1.09. The number of hydrogen-bond donors (Lipinski definition) is 0.